The van der Waals surface area contributed by atoms with Crippen molar-refractivity contribution in [2.75, 3.05) is 0 Å². The number of rotatable bonds is 10. The Morgan fingerprint density at radius 3 is 2.63 bits per heavy atom. The van der Waals surface area contributed by atoms with Crippen LogP contribution in [0.2, 0.25) is 0 Å². The standard InChI is InChI=1S/C36H35F2N2O/c1-7-9-11-29(31-21-33-27(17-18-39-33)20-32(31)36(6,37)38)24(4)14-13-23(3)25(5)26-15-16-30-28(19-26)22-40-35(30)34(41)12-10-8-2/h7,9-16,18-21,35H,5,8,17H2,1-4,6H3/q+1/b9-7-,12-10+,23-13+,24-14+,29-11+. The minimum atomic E-state index is -3.01. The van der Waals surface area contributed by atoms with Crippen LogP contribution in [-0.4, -0.2) is 12.0 Å². The highest BCUT2D eigenvalue weighted by molar-refractivity contribution is 5.98. The summed E-state index contributed by atoms with van der Waals surface area (Å²) in [5.41, 5.74) is 7.80. The van der Waals surface area contributed by atoms with Gasteiger partial charge in [0.25, 0.3) is 5.92 Å². The predicted molar refractivity (Wildman–Crippen MR) is 167 cm³/mol. The van der Waals surface area contributed by atoms with Gasteiger partial charge in [0.05, 0.1) is 11.3 Å². The maximum absolute atomic E-state index is 14.8. The Kier molecular flexibility index (Phi) is 8.93. The number of nitrogens with zero attached hydrogens (tertiary/aromatic N) is 2. The molecule has 1 unspecified atom stereocenters. The van der Waals surface area contributed by atoms with Crippen molar-refractivity contribution < 1.29 is 13.6 Å². The molecule has 0 aromatic heterocycles. The molecule has 0 bridgehead atoms. The number of fused-ring (bicyclic) bond motifs is 2. The summed E-state index contributed by atoms with van der Waals surface area (Å²) >= 11 is 0. The van der Waals surface area contributed by atoms with Gasteiger partial charge < -0.3 is 0 Å². The van der Waals surface area contributed by atoms with Gasteiger partial charge in [0.2, 0.25) is 5.78 Å². The molecule has 1 atom stereocenters. The maximum atomic E-state index is 14.8. The third kappa shape index (κ3) is 6.49. The van der Waals surface area contributed by atoms with Crippen molar-refractivity contribution in [3.05, 3.63) is 129 Å². The molecular weight excluding hydrogens is 514 g/mol. The highest BCUT2D eigenvalue weighted by Gasteiger charge is 2.35. The number of hydrogen-bond donors (Lipinski definition) is 0. The lowest BCUT2D eigenvalue weighted by Crippen LogP contribution is -2.11. The van der Waals surface area contributed by atoms with Crippen molar-refractivity contribution in [1.29, 1.82) is 0 Å². The summed E-state index contributed by atoms with van der Waals surface area (Å²) in [5, 5.41) is 0. The van der Waals surface area contributed by atoms with Gasteiger partial charge in [0.1, 0.15) is 5.56 Å². The molecule has 0 aliphatic carbocycles. The molecule has 2 heterocycles. The Hall–Kier alpha value is -4.43. The second-order valence-corrected chi connectivity index (χ2v) is 10.4. The molecule has 4 rings (SSSR count). The third-order valence-corrected chi connectivity index (χ3v) is 7.26. The first kappa shape index (κ1) is 29.6. The van der Waals surface area contributed by atoms with E-state index in [0.29, 0.717) is 17.6 Å². The van der Waals surface area contributed by atoms with Crippen molar-refractivity contribution in [2.45, 2.75) is 59.4 Å². The number of carbonyl (C=O) groups excluding carboxylic acids is 1. The fourth-order valence-electron chi connectivity index (χ4n) is 4.86. The van der Waals surface area contributed by atoms with E-state index in [4.69, 9.17) is 0 Å². The summed E-state index contributed by atoms with van der Waals surface area (Å²) < 4.78 is 29.6. The molecule has 208 valence electrons. The van der Waals surface area contributed by atoms with E-state index in [9.17, 15) is 13.6 Å². The van der Waals surface area contributed by atoms with Crippen LogP contribution in [0.4, 0.5) is 14.5 Å². The van der Waals surface area contributed by atoms with E-state index < -0.39 is 12.0 Å². The number of hydrogen-bond acceptors (Lipinski definition) is 2. The molecule has 41 heavy (non-hydrogen) atoms. The van der Waals surface area contributed by atoms with E-state index in [2.05, 4.69) is 22.5 Å². The summed E-state index contributed by atoms with van der Waals surface area (Å²) in [6.45, 7) is 13.0. The van der Waals surface area contributed by atoms with E-state index in [-0.39, 0.29) is 11.3 Å². The number of carbonyl (C=O) groups is 1. The van der Waals surface area contributed by atoms with E-state index in [0.717, 1.165) is 58.0 Å². The molecule has 3 nitrogen and oxygen atoms in total. The summed E-state index contributed by atoms with van der Waals surface area (Å²) in [7, 11) is 0. The van der Waals surface area contributed by atoms with Gasteiger partial charge in [-0.1, -0.05) is 60.9 Å². The zero-order valence-corrected chi connectivity index (χ0v) is 24.3. The fraction of sp³-hybridized carbons (Fsp3) is 0.250. The number of alkyl halides is 2. The molecule has 0 spiro atoms. The number of ketones is 1. The quantitative estimate of drug-likeness (QED) is 0.214. The first-order chi connectivity index (χ1) is 19.5. The van der Waals surface area contributed by atoms with Gasteiger partial charge in [-0.25, -0.2) is 8.78 Å². The average molecular weight is 550 g/mol. The van der Waals surface area contributed by atoms with Crippen molar-refractivity contribution in [1.82, 2.24) is 0 Å². The molecule has 2 aliphatic heterocycles. The second-order valence-electron chi connectivity index (χ2n) is 10.4. The first-order valence-corrected chi connectivity index (χ1v) is 13.8. The summed E-state index contributed by atoms with van der Waals surface area (Å²) in [6, 6.07) is 11.6. The number of benzene rings is 2. The lowest BCUT2D eigenvalue weighted by atomic mass is 9.88. The molecule has 0 fully saturated rings. The molecular formula is C36H35F2N2O+. The Bertz CT molecular complexity index is 1650. The minimum Gasteiger partial charge on any atom is -0.285 e. The predicted octanol–water partition coefficient (Wildman–Crippen LogP) is 9.89. The first-order valence-electron chi connectivity index (χ1n) is 13.8. The largest absolute Gasteiger partial charge is 0.360 e. The highest BCUT2D eigenvalue weighted by atomic mass is 19.3. The van der Waals surface area contributed by atoms with Gasteiger partial charge in [-0.3, -0.25) is 9.79 Å². The fourth-order valence-corrected chi connectivity index (χ4v) is 4.86. The van der Waals surface area contributed by atoms with Crippen molar-refractivity contribution in [3.63, 3.8) is 0 Å². The summed E-state index contributed by atoms with van der Waals surface area (Å²) in [4.78, 5) is 21.2. The normalized spacial score (nSPS) is 16.8. The molecule has 2 aliphatic rings. The average Bonchev–Trinajstić information content (AvgIpc) is 3.59. The molecule has 0 amide bonds. The Morgan fingerprint density at radius 2 is 1.93 bits per heavy atom. The minimum absolute atomic E-state index is 0.00612. The van der Waals surface area contributed by atoms with Crippen LogP contribution in [-0.2, 0) is 17.1 Å². The molecule has 0 N–H and O–H groups in total. The SMILES string of the molecule is C=C(/C(C)=C/C=C(C)/C(=C\C=C/C)c1cc2c(cc1C(C)(F)F)CC=N2)c1ccc2c(c1)C#[N+]C2C(=O)/C=C/CC. The van der Waals surface area contributed by atoms with E-state index in [1.54, 1.807) is 24.4 Å². The van der Waals surface area contributed by atoms with Gasteiger partial charge in [-0.2, -0.15) is 0 Å². The van der Waals surface area contributed by atoms with Crippen LogP contribution in [0, 0.1) is 6.07 Å². The molecule has 2 aromatic carbocycles. The molecule has 5 heteroatoms. The van der Waals surface area contributed by atoms with Gasteiger partial charge in [-0.05, 0) is 96.5 Å². The van der Waals surface area contributed by atoms with Gasteiger partial charge in [0, 0.05) is 25.1 Å². The number of allylic oxidation sites excluding steroid dienone is 10. The van der Waals surface area contributed by atoms with E-state index in [1.807, 2.05) is 82.4 Å². The van der Waals surface area contributed by atoms with Crippen molar-refractivity contribution in [3.8, 4) is 6.07 Å². The third-order valence-electron chi connectivity index (χ3n) is 7.26. The molecule has 0 saturated heterocycles. The van der Waals surface area contributed by atoms with E-state index in [1.165, 1.54) is 0 Å². The zero-order valence-electron chi connectivity index (χ0n) is 24.3. The Balaban J connectivity index is 1.64. The van der Waals surface area contributed by atoms with Crippen LogP contribution in [0.5, 0.6) is 0 Å². The van der Waals surface area contributed by atoms with Crippen LogP contribution < -0.4 is 0 Å². The Labute approximate surface area is 241 Å². The summed E-state index contributed by atoms with van der Waals surface area (Å²) in [6.07, 6.45) is 16.0. The van der Waals surface area contributed by atoms with Gasteiger partial charge in [-0.15, -0.1) is 0 Å². The Morgan fingerprint density at radius 1 is 1.17 bits per heavy atom. The number of halogens is 2. The molecule has 2 aromatic rings. The van der Waals surface area contributed by atoms with Crippen molar-refractivity contribution in [2.24, 2.45) is 4.99 Å². The molecule has 0 radical (unpaired) electrons. The van der Waals surface area contributed by atoms with Gasteiger partial charge >= 0.3 is 12.1 Å². The highest BCUT2D eigenvalue weighted by Crippen LogP contribution is 2.41. The van der Waals surface area contributed by atoms with Crippen LogP contribution in [0.15, 0.2) is 95.6 Å². The van der Waals surface area contributed by atoms with Crippen molar-refractivity contribution >= 4 is 28.8 Å². The van der Waals surface area contributed by atoms with Crippen LogP contribution in [0.3, 0.4) is 0 Å². The van der Waals surface area contributed by atoms with Gasteiger partial charge in [0.15, 0.2) is 0 Å². The van der Waals surface area contributed by atoms with E-state index >= 15 is 0 Å². The second kappa shape index (κ2) is 12.4. The maximum Gasteiger partial charge on any atom is 0.360 e. The topological polar surface area (TPSA) is 33.8 Å². The molecule has 0 saturated carbocycles. The monoisotopic (exact) mass is 549 g/mol. The van der Waals surface area contributed by atoms with Crippen LogP contribution in [0.1, 0.15) is 80.5 Å². The lowest BCUT2D eigenvalue weighted by molar-refractivity contribution is -0.115. The lowest BCUT2D eigenvalue weighted by Gasteiger charge is -2.20. The number of aliphatic imine (C=N–C) groups is 1. The zero-order chi connectivity index (χ0) is 29.7. The van der Waals surface area contributed by atoms with Crippen LogP contribution >= 0.6 is 0 Å². The van der Waals surface area contributed by atoms with Crippen LogP contribution in [0.25, 0.3) is 16.0 Å². The summed E-state index contributed by atoms with van der Waals surface area (Å²) in [5.74, 6) is -3.06. The smallest absolute Gasteiger partial charge is 0.285 e.